The van der Waals surface area contributed by atoms with E-state index in [9.17, 15) is 9.18 Å². The van der Waals surface area contributed by atoms with Crippen LogP contribution in [0.5, 0.6) is 0 Å². The molecule has 136 valence electrons. The smallest absolute Gasteiger partial charge is 0.241 e. The number of benzene rings is 1. The first-order valence-corrected chi connectivity index (χ1v) is 7.94. The molecule has 0 aliphatic carbocycles. The number of guanidine groups is 1. The molecule has 0 unspecified atom stereocenters. The average Bonchev–Trinajstić information content (AvgIpc) is 2.50. The largest absolute Gasteiger partial charge is 0.357 e. The molecular weight excluding hydrogens is 422 g/mol. The van der Waals surface area contributed by atoms with Crippen LogP contribution in [0.2, 0.25) is 0 Å². The third-order valence-corrected chi connectivity index (χ3v) is 3.40. The Morgan fingerprint density at radius 2 is 1.83 bits per heavy atom. The summed E-state index contributed by atoms with van der Waals surface area (Å²) < 4.78 is 13.4. The SMILES string of the molecule is CCNC(=O)CN=C(NCC)NCC(C)(C)c1cccc(F)c1.I. The van der Waals surface area contributed by atoms with Gasteiger partial charge in [0.15, 0.2) is 5.96 Å². The van der Waals surface area contributed by atoms with Gasteiger partial charge in [-0.15, -0.1) is 24.0 Å². The Balaban J connectivity index is 0.00000529. The van der Waals surface area contributed by atoms with Gasteiger partial charge in [0.25, 0.3) is 0 Å². The fourth-order valence-corrected chi connectivity index (χ4v) is 2.06. The van der Waals surface area contributed by atoms with Crippen LogP contribution in [0.15, 0.2) is 29.3 Å². The van der Waals surface area contributed by atoms with Gasteiger partial charge in [0, 0.05) is 25.0 Å². The minimum absolute atomic E-state index is 0. The van der Waals surface area contributed by atoms with Crippen LogP contribution in [0.4, 0.5) is 4.39 Å². The Kier molecular flexibility index (Phi) is 10.6. The number of hydrogen-bond acceptors (Lipinski definition) is 2. The highest BCUT2D eigenvalue weighted by Gasteiger charge is 2.21. The second kappa shape index (κ2) is 11.2. The molecule has 0 atom stereocenters. The van der Waals surface area contributed by atoms with Gasteiger partial charge in [0.2, 0.25) is 5.91 Å². The molecule has 0 aliphatic rings. The van der Waals surface area contributed by atoms with Gasteiger partial charge in [0.05, 0.1) is 0 Å². The summed E-state index contributed by atoms with van der Waals surface area (Å²) in [6.07, 6.45) is 0. The zero-order chi connectivity index (χ0) is 17.3. The molecule has 0 saturated carbocycles. The molecule has 0 saturated heterocycles. The van der Waals surface area contributed by atoms with Crippen LogP contribution in [0, 0.1) is 5.82 Å². The van der Waals surface area contributed by atoms with E-state index in [-0.39, 0.29) is 47.7 Å². The number of rotatable bonds is 7. The molecule has 0 aromatic heterocycles. The first kappa shape index (κ1) is 22.6. The third-order valence-electron chi connectivity index (χ3n) is 3.40. The van der Waals surface area contributed by atoms with Gasteiger partial charge in [-0.25, -0.2) is 9.38 Å². The summed E-state index contributed by atoms with van der Waals surface area (Å²) in [7, 11) is 0. The Morgan fingerprint density at radius 1 is 1.17 bits per heavy atom. The van der Waals surface area contributed by atoms with E-state index in [1.807, 2.05) is 33.8 Å². The summed E-state index contributed by atoms with van der Waals surface area (Å²) in [5.74, 6) is 0.213. The van der Waals surface area contributed by atoms with Crippen molar-refractivity contribution < 1.29 is 9.18 Å². The molecule has 1 rings (SSSR count). The molecule has 3 N–H and O–H groups in total. The molecule has 1 aromatic rings. The summed E-state index contributed by atoms with van der Waals surface area (Å²) in [5, 5.41) is 9.02. The molecule has 0 heterocycles. The van der Waals surface area contributed by atoms with Gasteiger partial charge in [-0.1, -0.05) is 26.0 Å². The maximum atomic E-state index is 13.4. The van der Waals surface area contributed by atoms with Gasteiger partial charge >= 0.3 is 0 Å². The number of likely N-dealkylation sites (N-methyl/N-ethyl adjacent to an activating group) is 1. The minimum atomic E-state index is -0.274. The summed E-state index contributed by atoms with van der Waals surface area (Å²) in [5.41, 5.74) is 0.633. The number of carbonyl (C=O) groups excluding carboxylic acids is 1. The highest BCUT2D eigenvalue weighted by Crippen LogP contribution is 2.22. The number of carbonyl (C=O) groups is 1. The highest BCUT2D eigenvalue weighted by atomic mass is 127. The number of nitrogens with zero attached hydrogens (tertiary/aromatic N) is 1. The fraction of sp³-hybridized carbons (Fsp3) is 0.529. The number of hydrogen-bond donors (Lipinski definition) is 3. The van der Waals surface area contributed by atoms with Gasteiger partial charge in [-0.05, 0) is 31.5 Å². The zero-order valence-electron chi connectivity index (χ0n) is 14.8. The molecule has 0 bridgehead atoms. The summed E-state index contributed by atoms with van der Waals surface area (Å²) in [4.78, 5) is 15.8. The van der Waals surface area contributed by atoms with Crippen molar-refractivity contribution in [2.24, 2.45) is 4.99 Å². The van der Waals surface area contributed by atoms with Crippen molar-refractivity contribution in [2.45, 2.75) is 33.1 Å². The van der Waals surface area contributed by atoms with Crippen molar-refractivity contribution >= 4 is 35.8 Å². The van der Waals surface area contributed by atoms with E-state index < -0.39 is 0 Å². The van der Waals surface area contributed by atoms with Crippen molar-refractivity contribution in [3.05, 3.63) is 35.6 Å². The number of nitrogens with one attached hydrogen (secondary N) is 3. The van der Waals surface area contributed by atoms with E-state index in [2.05, 4.69) is 20.9 Å². The second-order valence-corrected chi connectivity index (χ2v) is 5.90. The van der Waals surface area contributed by atoms with E-state index in [1.165, 1.54) is 6.07 Å². The highest BCUT2D eigenvalue weighted by molar-refractivity contribution is 14.0. The van der Waals surface area contributed by atoms with Crippen molar-refractivity contribution in [1.82, 2.24) is 16.0 Å². The third kappa shape index (κ3) is 7.94. The van der Waals surface area contributed by atoms with Gasteiger partial charge in [-0.2, -0.15) is 0 Å². The quantitative estimate of drug-likeness (QED) is 0.340. The molecule has 0 fully saturated rings. The molecule has 1 aromatic carbocycles. The van der Waals surface area contributed by atoms with Crippen LogP contribution in [-0.2, 0) is 10.2 Å². The average molecular weight is 450 g/mol. The molecule has 0 spiro atoms. The zero-order valence-corrected chi connectivity index (χ0v) is 17.1. The fourth-order valence-electron chi connectivity index (χ4n) is 2.06. The predicted molar refractivity (Wildman–Crippen MR) is 108 cm³/mol. The lowest BCUT2D eigenvalue weighted by Gasteiger charge is -2.26. The Bertz CT molecular complexity index is 549. The molecule has 0 aliphatic heterocycles. The molecule has 1 amide bonds. The topological polar surface area (TPSA) is 65.5 Å². The molecule has 7 heteroatoms. The second-order valence-electron chi connectivity index (χ2n) is 5.90. The van der Waals surface area contributed by atoms with Crippen LogP contribution in [0.1, 0.15) is 33.3 Å². The summed E-state index contributed by atoms with van der Waals surface area (Å²) >= 11 is 0. The van der Waals surface area contributed by atoms with Crippen LogP contribution in [0.3, 0.4) is 0 Å². The number of halogens is 2. The van der Waals surface area contributed by atoms with Crippen LogP contribution in [0.25, 0.3) is 0 Å². The normalized spacial score (nSPS) is 11.5. The predicted octanol–water partition coefficient (Wildman–Crippen LogP) is 2.41. The number of amides is 1. The van der Waals surface area contributed by atoms with E-state index in [0.717, 1.165) is 5.56 Å². The molecular formula is C17H28FIN4O. The first-order valence-electron chi connectivity index (χ1n) is 7.94. The van der Waals surface area contributed by atoms with Crippen molar-refractivity contribution in [3.8, 4) is 0 Å². The van der Waals surface area contributed by atoms with E-state index >= 15 is 0 Å². The van der Waals surface area contributed by atoms with Crippen LogP contribution in [-0.4, -0.2) is 38.0 Å². The Morgan fingerprint density at radius 3 is 2.42 bits per heavy atom. The minimum Gasteiger partial charge on any atom is -0.357 e. The van der Waals surface area contributed by atoms with Gasteiger partial charge in [0.1, 0.15) is 12.4 Å². The maximum Gasteiger partial charge on any atom is 0.241 e. The van der Waals surface area contributed by atoms with Gasteiger partial charge < -0.3 is 16.0 Å². The first-order chi connectivity index (χ1) is 10.9. The Labute approximate surface area is 160 Å². The van der Waals surface area contributed by atoms with Crippen molar-refractivity contribution in [3.63, 3.8) is 0 Å². The van der Waals surface area contributed by atoms with E-state index in [4.69, 9.17) is 0 Å². The summed E-state index contributed by atoms with van der Waals surface area (Å²) in [6, 6.07) is 6.59. The molecule has 24 heavy (non-hydrogen) atoms. The summed E-state index contributed by atoms with van der Waals surface area (Å²) in [6.45, 7) is 9.81. The number of aliphatic imine (C=N–C) groups is 1. The van der Waals surface area contributed by atoms with Crippen molar-refractivity contribution in [2.75, 3.05) is 26.2 Å². The lowest BCUT2D eigenvalue weighted by molar-refractivity contribution is -0.119. The van der Waals surface area contributed by atoms with Crippen LogP contribution >= 0.6 is 24.0 Å². The van der Waals surface area contributed by atoms with E-state index in [0.29, 0.717) is 25.6 Å². The lowest BCUT2D eigenvalue weighted by Crippen LogP contribution is -2.44. The maximum absolute atomic E-state index is 13.4. The molecule has 0 radical (unpaired) electrons. The van der Waals surface area contributed by atoms with E-state index in [1.54, 1.807) is 12.1 Å². The lowest BCUT2D eigenvalue weighted by atomic mass is 9.84. The van der Waals surface area contributed by atoms with Gasteiger partial charge in [-0.3, -0.25) is 4.79 Å². The van der Waals surface area contributed by atoms with Crippen LogP contribution < -0.4 is 16.0 Å². The Hall–Kier alpha value is -1.38. The van der Waals surface area contributed by atoms with Crippen molar-refractivity contribution in [1.29, 1.82) is 0 Å². The monoisotopic (exact) mass is 450 g/mol. The molecule has 5 nitrogen and oxygen atoms in total. The standard InChI is InChI=1S/C17H27FN4O.HI/c1-5-19-15(23)11-21-16(20-6-2)22-12-17(3,4)13-8-7-9-14(18)10-13;/h7-10H,5-6,11-12H2,1-4H3,(H,19,23)(H2,20,21,22);1H.